The van der Waals surface area contributed by atoms with E-state index in [0.29, 0.717) is 6.54 Å². The average Bonchev–Trinajstić information content (AvgIpc) is 2.80. The molecule has 3 heteroatoms. The third-order valence-electron chi connectivity index (χ3n) is 2.90. The van der Waals surface area contributed by atoms with Gasteiger partial charge in [-0.05, 0) is 25.0 Å². The fourth-order valence-corrected chi connectivity index (χ4v) is 2.34. The van der Waals surface area contributed by atoms with Crippen LogP contribution in [0.25, 0.3) is 6.08 Å². The molecule has 1 saturated heterocycles. The molecule has 0 aliphatic carbocycles. The summed E-state index contributed by atoms with van der Waals surface area (Å²) >= 11 is 6.22. The highest BCUT2D eigenvalue weighted by Crippen LogP contribution is 2.30. The molecule has 86 valence electrons. The van der Waals surface area contributed by atoms with Crippen molar-refractivity contribution in [1.29, 1.82) is 0 Å². The minimum Gasteiger partial charge on any atom is -0.371 e. The zero-order valence-corrected chi connectivity index (χ0v) is 10.1. The normalized spacial score (nSPS) is 16.2. The lowest BCUT2D eigenvalue weighted by Crippen LogP contribution is -2.18. The molecule has 0 bridgehead atoms. The highest BCUT2D eigenvalue weighted by atomic mass is 35.5. The number of nitrogens with two attached hydrogens (primary N) is 1. The molecule has 1 aromatic carbocycles. The van der Waals surface area contributed by atoms with Crippen molar-refractivity contribution >= 4 is 23.4 Å². The Kier molecular flexibility index (Phi) is 3.86. The molecule has 0 aromatic heterocycles. The first kappa shape index (κ1) is 11.5. The van der Waals surface area contributed by atoms with Crippen LogP contribution in [0.3, 0.4) is 0 Å². The van der Waals surface area contributed by atoms with Gasteiger partial charge in [0.15, 0.2) is 0 Å². The van der Waals surface area contributed by atoms with Gasteiger partial charge in [-0.3, -0.25) is 0 Å². The second-order valence-electron chi connectivity index (χ2n) is 4.00. The molecular formula is C13H17ClN2. The molecule has 0 amide bonds. The molecule has 1 aliphatic rings. The van der Waals surface area contributed by atoms with E-state index < -0.39 is 0 Å². The lowest BCUT2D eigenvalue weighted by atomic mass is 10.1. The SMILES string of the molecule is NC/C=C/c1c(Cl)cccc1N1CCCC1. The Morgan fingerprint density at radius 2 is 2.06 bits per heavy atom. The Morgan fingerprint density at radius 1 is 1.31 bits per heavy atom. The summed E-state index contributed by atoms with van der Waals surface area (Å²) < 4.78 is 0. The van der Waals surface area contributed by atoms with Crippen molar-refractivity contribution in [3.8, 4) is 0 Å². The van der Waals surface area contributed by atoms with E-state index in [9.17, 15) is 0 Å². The smallest absolute Gasteiger partial charge is 0.0499 e. The Morgan fingerprint density at radius 3 is 2.75 bits per heavy atom. The van der Waals surface area contributed by atoms with E-state index in [2.05, 4.69) is 11.0 Å². The second-order valence-corrected chi connectivity index (χ2v) is 4.41. The summed E-state index contributed by atoms with van der Waals surface area (Å²) in [6.45, 7) is 2.80. The fraction of sp³-hybridized carbons (Fsp3) is 0.385. The maximum atomic E-state index is 6.22. The number of halogens is 1. The van der Waals surface area contributed by atoms with Gasteiger partial charge < -0.3 is 10.6 Å². The molecule has 2 N–H and O–H groups in total. The maximum Gasteiger partial charge on any atom is 0.0499 e. The van der Waals surface area contributed by atoms with Crippen molar-refractivity contribution in [3.05, 3.63) is 34.9 Å². The number of nitrogens with zero attached hydrogens (tertiary/aromatic N) is 1. The minimum absolute atomic E-state index is 0.546. The van der Waals surface area contributed by atoms with Crippen LogP contribution in [0.4, 0.5) is 5.69 Å². The molecule has 1 aliphatic heterocycles. The van der Waals surface area contributed by atoms with Crippen LogP contribution in [0.15, 0.2) is 24.3 Å². The predicted molar refractivity (Wildman–Crippen MR) is 71.0 cm³/mol. The summed E-state index contributed by atoms with van der Waals surface area (Å²) in [6, 6.07) is 6.07. The van der Waals surface area contributed by atoms with Crippen LogP contribution >= 0.6 is 11.6 Å². The molecule has 0 radical (unpaired) electrons. The second kappa shape index (κ2) is 5.37. The topological polar surface area (TPSA) is 29.3 Å². The van der Waals surface area contributed by atoms with Crippen LogP contribution in [0.5, 0.6) is 0 Å². The fourth-order valence-electron chi connectivity index (χ4n) is 2.11. The number of hydrogen-bond donors (Lipinski definition) is 1. The lowest BCUT2D eigenvalue weighted by Gasteiger charge is -2.20. The first-order valence-electron chi connectivity index (χ1n) is 5.73. The van der Waals surface area contributed by atoms with Crippen LogP contribution in [0.2, 0.25) is 5.02 Å². The lowest BCUT2D eigenvalue weighted by molar-refractivity contribution is 0.949. The van der Waals surface area contributed by atoms with E-state index in [1.807, 2.05) is 24.3 Å². The van der Waals surface area contributed by atoms with Crippen molar-refractivity contribution in [2.45, 2.75) is 12.8 Å². The van der Waals surface area contributed by atoms with Gasteiger partial charge in [-0.2, -0.15) is 0 Å². The molecule has 1 heterocycles. The number of anilines is 1. The standard InChI is InChI=1S/C13H17ClN2/c14-12-6-3-7-13(11(12)5-4-8-15)16-9-1-2-10-16/h3-7H,1-2,8-10,15H2/b5-4+. The van der Waals surface area contributed by atoms with E-state index in [4.69, 9.17) is 17.3 Å². The minimum atomic E-state index is 0.546. The molecule has 1 aromatic rings. The number of hydrogen-bond acceptors (Lipinski definition) is 2. The molecule has 0 saturated carbocycles. The number of benzene rings is 1. The molecule has 0 spiro atoms. The van der Waals surface area contributed by atoms with Gasteiger partial charge >= 0.3 is 0 Å². The average molecular weight is 237 g/mol. The maximum absolute atomic E-state index is 6.22. The Labute approximate surface area is 102 Å². The van der Waals surface area contributed by atoms with Gasteiger partial charge in [-0.15, -0.1) is 0 Å². The van der Waals surface area contributed by atoms with Crippen molar-refractivity contribution in [2.24, 2.45) is 5.73 Å². The third kappa shape index (κ3) is 2.39. The molecule has 1 fully saturated rings. The van der Waals surface area contributed by atoms with Crippen molar-refractivity contribution < 1.29 is 0 Å². The Hall–Kier alpha value is -0.990. The summed E-state index contributed by atoms with van der Waals surface area (Å²) in [6.07, 6.45) is 6.51. The van der Waals surface area contributed by atoms with Crippen molar-refractivity contribution in [2.75, 3.05) is 24.5 Å². The van der Waals surface area contributed by atoms with Crippen molar-refractivity contribution in [3.63, 3.8) is 0 Å². The van der Waals surface area contributed by atoms with Gasteiger partial charge in [0, 0.05) is 35.9 Å². The Bertz CT molecular complexity index is 382. The molecule has 0 unspecified atom stereocenters. The Balaban J connectivity index is 2.35. The molecule has 16 heavy (non-hydrogen) atoms. The van der Waals surface area contributed by atoms with Gasteiger partial charge in [-0.25, -0.2) is 0 Å². The summed E-state index contributed by atoms with van der Waals surface area (Å²) in [4.78, 5) is 2.39. The molecule has 2 rings (SSSR count). The molecule has 0 atom stereocenters. The highest BCUT2D eigenvalue weighted by molar-refractivity contribution is 6.32. The first-order valence-corrected chi connectivity index (χ1v) is 6.11. The van der Waals surface area contributed by atoms with E-state index >= 15 is 0 Å². The first-order chi connectivity index (χ1) is 7.83. The van der Waals surface area contributed by atoms with Gasteiger partial charge in [0.2, 0.25) is 0 Å². The summed E-state index contributed by atoms with van der Waals surface area (Å²) in [7, 11) is 0. The zero-order valence-electron chi connectivity index (χ0n) is 9.32. The highest BCUT2D eigenvalue weighted by Gasteiger charge is 2.15. The van der Waals surface area contributed by atoms with Gasteiger partial charge in [-0.1, -0.05) is 29.8 Å². The molecular weight excluding hydrogens is 220 g/mol. The summed E-state index contributed by atoms with van der Waals surface area (Å²) in [5.41, 5.74) is 7.81. The van der Waals surface area contributed by atoms with E-state index in [1.54, 1.807) is 0 Å². The summed E-state index contributed by atoms with van der Waals surface area (Å²) in [5.74, 6) is 0. The van der Waals surface area contributed by atoms with Crippen LogP contribution in [0, 0.1) is 0 Å². The van der Waals surface area contributed by atoms with E-state index in [1.165, 1.54) is 18.5 Å². The zero-order chi connectivity index (χ0) is 11.4. The van der Waals surface area contributed by atoms with Gasteiger partial charge in [0.25, 0.3) is 0 Å². The van der Waals surface area contributed by atoms with Crippen LogP contribution in [-0.2, 0) is 0 Å². The molecule has 2 nitrogen and oxygen atoms in total. The van der Waals surface area contributed by atoms with E-state index in [-0.39, 0.29) is 0 Å². The van der Waals surface area contributed by atoms with Gasteiger partial charge in [0.1, 0.15) is 0 Å². The van der Waals surface area contributed by atoms with Crippen LogP contribution in [-0.4, -0.2) is 19.6 Å². The third-order valence-corrected chi connectivity index (χ3v) is 3.23. The van der Waals surface area contributed by atoms with Crippen molar-refractivity contribution in [1.82, 2.24) is 0 Å². The van der Waals surface area contributed by atoms with Crippen LogP contribution in [0.1, 0.15) is 18.4 Å². The number of rotatable bonds is 3. The predicted octanol–water partition coefficient (Wildman–Crippen LogP) is 2.91. The quantitative estimate of drug-likeness (QED) is 0.875. The largest absolute Gasteiger partial charge is 0.371 e. The van der Waals surface area contributed by atoms with Crippen LogP contribution < -0.4 is 10.6 Å². The van der Waals surface area contributed by atoms with E-state index in [0.717, 1.165) is 23.7 Å². The monoisotopic (exact) mass is 236 g/mol. The van der Waals surface area contributed by atoms with Gasteiger partial charge in [0.05, 0.1) is 0 Å². The summed E-state index contributed by atoms with van der Waals surface area (Å²) in [5, 5.41) is 0.800.